The second kappa shape index (κ2) is 10.4. The average Bonchev–Trinajstić information content (AvgIpc) is 3.02. The molecule has 0 aliphatic carbocycles. The fraction of sp³-hybridized carbons (Fsp3) is 0. The standard InChI is InChI=1S/C37H25N/c38-26-27-21-36(29-11-5-2-6-12-29)25-37(22-27)31-19-17-30(18-20-31)33-14-8-16-35(24-33)34-15-7-13-32(23-34)28-9-3-1-4-10-28/h1-25H. The van der Waals surface area contributed by atoms with Gasteiger partial charge in [0, 0.05) is 0 Å². The SMILES string of the molecule is N#Cc1cc(-c2ccccc2)cc(-c2ccc(-c3cccc(-c4cccc(-c5ccccc5)c4)c3)cc2)c1. The van der Waals surface area contributed by atoms with Gasteiger partial charge in [-0.05, 0) is 86.0 Å². The van der Waals surface area contributed by atoms with Crippen LogP contribution < -0.4 is 0 Å². The van der Waals surface area contributed by atoms with E-state index in [4.69, 9.17) is 0 Å². The zero-order chi connectivity index (χ0) is 25.7. The number of benzene rings is 6. The first-order valence-corrected chi connectivity index (χ1v) is 12.7. The van der Waals surface area contributed by atoms with Crippen LogP contribution in [0.15, 0.2) is 152 Å². The van der Waals surface area contributed by atoms with Crippen molar-refractivity contribution in [1.82, 2.24) is 0 Å². The van der Waals surface area contributed by atoms with Crippen LogP contribution in [0.4, 0.5) is 0 Å². The van der Waals surface area contributed by atoms with Crippen LogP contribution in [0.5, 0.6) is 0 Å². The summed E-state index contributed by atoms with van der Waals surface area (Å²) >= 11 is 0. The summed E-state index contributed by atoms with van der Waals surface area (Å²) in [6.45, 7) is 0. The first kappa shape index (κ1) is 23.2. The van der Waals surface area contributed by atoms with Crippen LogP contribution in [0, 0.1) is 11.3 Å². The molecule has 178 valence electrons. The van der Waals surface area contributed by atoms with Crippen LogP contribution in [0.3, 0.4) is 0 Å². The molecule has 0 aliphatic heterocycles. The van der Waals surface area contributed by atoms with Gasteiger partial charge in [-0.1, -0.05) is 121 Å². The fourth-order valence-electron chi connectivity index (χ4n) is 4.90. The van der Waals surface area contributed by atoms with Crippen molar-refractivity contribution in [3.05, 3.63) is 157 Å². The molecule has 0 saturated heterocycles. The average molecular weight is 484 g/mol. The third-order valence-electron chi connectivity index (χ3n) is 6.89. The Bertz CT molecular complexity index is 1740. The van der Waals surface area contributed by atoms with Gasteiger partial charge in [0.2, 0.25) is 0 Å². The Hall–Kier alpha value is -5.19. The smallest absolute Gasteiger partial charge is 0.0992 e. The van der Waals surface area contributed by atoms with Gasteiger partial charge in [-0.15, -0.1) is 0 Å². The molecule has 6 rings (SSSR count). The molecule has 0 N–H and O–H groups in total. The molecule has 1 heteroatoms. The Morgan fingerprint density at radius 1 is 0.289 bits per heavy atom. The van der Waals surface area contributed by atoms with Gasteiger partial charge in [0.25, 0.3) is 0 Å². The molecule has 0 radical (unpaired) electrons. The molecule has 6 aromatic rings. The number of nitrogens with zero attached hydrogens (tertiary/aromatic N) is 1. The minimum Gasteiger partial charge on any atom is -0.192 e. The van der Waals surface area contributed by atoms with Gasteiger partial charge in [-0.25, -0.2) is 0 Å². The van der Waals surface area contributed by atoms with Crippen molar-refractivity contribution in [2.24, 2.45) is 0 Å². The Morgan fingerprint density at radius 3 is 1.05 bits per heavy atom. The third-order valence-corrected chi connectivity index (χ3v) is 6.89. The second-order valence-corrected chi connectivity index (χ2v) is 9.38. The van der Waals surface area contributed by atoms with Crippen LogP contribution in [0.25, 0.3) is 55.6 Å². The molecule has 0 aliphatic rings. The van der Waals surface area contributed by atoms with Crippen LogP contribution in [-0.4, -0.2) is 0 Å². The number of hydrogen-bond donors (Lipinski definition) is 0. The van der Waals surface area contributed by atoms with Crippen LogP contribution in [0.1, 0.15) is 5.56 Å². The maximum absolute atomic E-state index is 9.62. The van der Waals surface area contributed by atoms with E-state index < -0.39 is 0 Å². The van der Waals surface area contributed by atoms with E-state index in [1.807, 2.05) is 36.4 Å². The van der Waals surface area contributed by atoms with Crippen molar-refractivity contribution in [3.63, 3.8) is 0 Å². The van der Waals surface area contributed by atoms with E-state index >= 15 is 0 Å². The van der Waals surface area contributed by atoms with Gasteiger partial charge in [-0.3, -0.25) is 0 Å². The zero-order valence-electron chi connectivity index (χ0n) is 20.9. The Kier molecular flexibility index (Phi) is 6.37. The van der Waals surface area contributed by atoms with Gasteiger partial charge in [-0.2, -0.15) is 5.26 Å². The lowest BCUT2D eigenvalue weighted by molar-refractivity contribution is 1.48. The normalized spacial score (nSPS) is 10.6. The molecule has 6 aromatic carbocycles. The molecule has 0 heterocycles. The van der Waals surface area contributed by atoms with Gasteiger partial charge in [0.15, 0.2) is 0 Å². The van der Waals surface area contributed by atoms with Crippen molar-refractivity contribution < 1.29 is 0 Å². The summed E-state index contributed by atoms with van der Waals surface area (Å²) in [5.41, 5.74) is 12.1. The van der Waals surface area contributed by atoms with E-state index in [0.717, 1.165) is 27.8 Å². The van der Waals surface area contributed by atoms with E-state index in [-0.39, 0.29) is 0 Å². The van der Waals surface area contributed by atoms with Crippen molar-refractivity contribution in [2.45, 2.75) is 0 Å². The summed E-state index contributed by atoms with van der Waals surface area (Å²) in [7, 11) is 0. The fourth-order valence-corrected chi connectivity index (χ4v) is 4.90. The first-order chi connectivity index (χ1) is 18.8. The largest absolute Gasteiger partial charge is 0.192 e. The monoisotopic (exact) mass is 483 g/mol. The molecule has 0 bridgehead atoms. The molecule has 0 fully saturated rings. The van der Waals surface area contributed by atoms with Crippen LogP contribution in [-0.2, 0) is 0 Å². The van der Waals surface area contributed by atoms with Gasteiger partial charge < -0.3 is 0 Å². The maximum atomic E-state index is 9.62. The Balaban J connectivity index is 1.31. The highest BCUT2D eigenvalue weighted by Crippen LogP contribution is 2.32. The van der Waals surface area contributed by atoms with Gasteiger partial charge in [0.05, 0.1) is 11.6 Å². The Labute approximate surface area is 223 Å². The van der Waals surface area contributed by atoms with Crippen LogP contribution >= 0.6 is 0 Å². The molecule has 0 atom stereocenters. The predicted octanol–water partition coefficient (Wildman–Crippen LogP) is 9.89. The number of hydrogen-bond acceptors (Lipinski definition) is 1. The van der Waals surface area contributed by atoms with E-state index in [0.29, 0.717) is 5.56 Å². The molecule has 0 unspecified atom stereocenters. The number of rotatable bonds is 5. The zero-order valence-corrected chi connectivity index (χ0v) is 20.9. The first-order valence-electron chi connectivity index (χ1n) is 12.7. The van der Waals surface area contributed by atoms with E-state index in [1.54, 1.807) is 0 Å². The summed E-state index contributed by atoms with van der Waals surface area (Å²) in [6, 6.07) is 55.1. The molecule has 0 aromatic heterocycles. The summed E-state index contributed by atoms with van der Waals surface area (Å²) in [5.74, 6) is 0. The molecular formula is C37H25N. The van der Waals surface area contributed by atoms with Crippen LogP contribution in [0.2, 0.25) is 0 Å². The topological polar surface area (TPSA) is 23.8 Å². The van der Waals surface area contributed by atoms with E-state index in [2.05, 4.69) is 121 Å². The molecular weight excluding hydrogens is 458 g/mol. The second-order valence-electron chi connectivity index (χ2n) is 9.38. The lowest BCUT2D eigenvalue weighted by Gasteiger charge is -2.10. The number of nitriles is 1. The Morgan fingerprint density at radius 2 is 0.605 bits per heavy atom. The third kappa shape index (κ3) is 4.89. The lowest BCUT2D eigenvalue weighted by atomic mass is 9.94. The molecule has 0 saturated carbocycles. The quantitative estimate of drug-likeness (QED) is 0.239. The molecule has 1 nitrogen and oxygen atoms in total. The maximum Gasteiger partial charge on any atom is 0.0992 e. The minimum atomic E-state index is 0.663. The van der Waals surface area contributed by atoms with Crippen molar-refractivity contribution in [3.8, 4) is 61.7 Å². The summed E-state index contributed by atoms with van der Waals surface area (Å²) in [5, 5.41) is 9.62. The van der Waals surface area contributed by atoms with Gasteiger partial charge >= 0.3 is 0 Å². The molecule has 0 spiro atoms. The van der Waals surface area contributed by atoms with E-state index in [9.17, 15) is 5.26 Å². The van der Waals surface area contributed by atoms with Crippen molar-refractivity contribution in [2.75, 3.05) is 0 Å². The predicted molar refractivity (Wildman–Crippen MR) is 158 cm³/mol. The van der Waals surface area contributed by atoms with E-state index in [1.165, 1.54) is 27.8 Å². The summed E-state index contributed by atoms with van der Waals surface area (Å²) in [6.07, 6.45) is 0. The highest BCUT2D eigenvalue weighted by Gasteiger charge is 2.08. The molecule has 0 amide bonds. The minimum absolute atomic E-state index is 0.663. The highest BCUT2D eigenvalue weighted by atomic mass is 14.2. The summed E-state index contributed by atoms with van der Waals surface area (Å²) < 4.78 is 0. The summed E-state index contributed by atoms with van der Waals surface area (Å²) in [4.78, 5) is 0. The highest BCUT2D eigenvalue weighted by molar-refractivity contribution is 5.79. The lowest BCUT2D eigenvalue weighted by Crippen LogP contribution is -1.86. The van der Waals surface area contributed by atoms with Crippen molar-refractivity contribution in [1.29, 1.82) is 5.26 Å². The molecule has 38 heavy (non-hydrogen) atoms. The van der Waals surface area contributed by atoms with Gasteiger partial charge in [0.1, 0.15) is 0 Å². The van der Waals surface area contributed by atoms with Crippen molar-refractivity contribution >= 4 is 0 Å².